The van der Waals surface area contributed by atoms with E-state index in [1.807, 2.05) is 12.1 Å². The number of para-hydroxylation sites is 1. The van der Waals surface area contributed by atoms with Gasteiger partial charge in [0.15, 0.2) is 0 Å². The van der Waals surface area contributed by atoms with Crippen LogP contribution >= 0.6 is 23.8 Å². The molecule has 2 atom stereocenters. The van der Waals surface area contributed by atoms with Gasteiger partial charge in [-0.2, -0.15) is 0 Å². The molecule has 0 radical (unpaired) electrons. The Bertz CT molecular complexity index is 764. The number of nitrogens with one attached hydrogen (secondary N) is 1. The second kappa shape index (κ2) is 5.57. The van der Waals surface area contributed by atoms with Gasteiger partial charge in [0, 0.05) is 17.0 Å². The van der Waals surface area contributed by atoms with E-state index in [4.69, 9.17) is 23.8 Å². The average molecular weight is 346 g/mol. The highest BCUT2D eigenvalue weighted by atomic mass is 35.5. The van der Waals surface area contributed by atoms with Crippen molar-refractivity contribution in [1.82, 2.24) is 0 Å². The van der Waals surface area contributed by atoms with Gasteiger partial charge in [-0.3, -0.25) is 0 Å². The first-order chi connectivity index (χ1) is 11.1. The Hall–Kier alpha value is -1.45. The Morgan fingerprint density at radius 2 is 2.04 bits per heavy atom. The lowest BCUT2D eigenvalue weighted by molar-refractivity contribution is 0.447. The van der Waals surface area contributed by atoms with Crippen LogP contribution in [0.15, 0.2) is 42.5 Å². The molecule has 118 valence electrons. The molecular weight excluding hydrogens is 329 g/mol. The third-order valence-electron chi connectivity index (χ3n) is 5.15. The number of anilines is 1. The summed E-state index contributed by atoms with van der Waals surface area (Å²) in [5.74, 6) is -0.00975. The lowest BCUT2D eigenvalue weighted by atomic mass is 9.72. The fourth-order valence-corrected chi connectivity index (χ4v) is 4.46. The van der Waals surface area contributed by atoms with Crippen molar-refractivity contribution in [3.63, 3.8) is 0 Å². The van der Waals surface area contributed by atoms with Crippen LogP contribution in [0, 0.1) is 5.82 Å². The quantitative estimate of drug-likeness (QED) is 0.682. The van der Waals surface area contributed by atoms with E-state index in [-0.39, 0.29) is 16.4 Å². The van der Waals surface area contributed by atoms with E-state index >= 15 is 0 Å². The summed E-state index contributed by atoms with van der Waals surface area (Å²) >= 11 is 11.7. The third kappa shape index (κ3) is 2.56. The van der Waals surface area contributed by atoms with Gasteiger partial charge < -0.3 is 5.32 Å². The van der Waals surface area contributed by atoms with Gasteiger partial charge >= 0.3 is 0 Å². The summed E-state index contributed by atoms with van der Waals surface area (Å²) < 4.78 is 13.4. The molecule has 0 saturated heterocycles. The van der Waals surface area contributed by atoms with Crippen molar-refractivity contribution in [3.05, 3.63) is 64.4 Å². The summed E-state index contributed by atoms with van der Waals surface area (Å²) in [4.78, 5) is 1.11. The monoisotopic (exact) mass is 345 g/mol. The van der Waals surface area contributed by atoms with Crippen LogP contribution in [0.2, 0.25) is 5.02 Å². The van der Waals surface area contributed by atoms with Gasteiger partial charge in [-0.15, -0.1) is 0 Å². The first-order valence-corrected chi connectivity index (χ1v) is 8.70. The Kier molecular flexibility index (Phi) is 3.66. The molecule has 23 heavy (non-hydrogen) atoms. The van der Waals surface area contributed by atoms with E-state index in [9.17, 15) is 4.39 Å². The zero-order valence-electron chi connectivity index (χ0n) is 12.6. The number of thiocarbonyl (C=S) groups is 1. The molecule has 0 aromatic heterocycles. The Labute approximate surface area is 145 Å². The van der Waals surface area contributed by atoms with Gasteiger partial charge in [-0.25, -0.2) is 4.39 Å². The number of hydrogen-bond acceptors (Lipinski definition) is 2. The molecule has 2 unspecified atom stereocenters. The second-order valence-electron chi connectivity index (χ2n) is 6.58. The largest absolute Gasteiger partial charge is 0.374 e. The van der Waals surface area contributed by atoms with Crippen molar-refractivity contribution in [2.45, 2.75) is 37.1 Å². The van der Waals surface area contributed by atoms with Crippen LogP contribution in [-0.2, 0) is 6.42 Å². The lowest BCUT2D eigenvalue weighted by Crippen LogP contribution is -2.48. The molecule has 1 nitrogen and oxygen atoms in total. The molecule has 1 heterocycles. The highest BCUT2D eigenvalue weighted by Crippen LogP contribution is 2.45. The maximum absolute atomic E-state index is 13.4. The van der Waals surface area contributed by atoms with Crippen LogP contribution < -0.4 is 5.32 Å². The molecule has 0 amide bonds. The molecule has 0 bridgehead atoms. The molecule has 1 spiro atoms. The number of rotatable bonds is 1. The zero-order chi connectivity index (χ0) is 16.0. The molecule has 2 aromatic carbocycles. The van der Waals surface area contributed by atoms with Gasteiger partial charge in [0.2, 0.25) is 0 Å². The van der Waals surface area contributed by atoms with Crippen molar-refractivity contribution in [2.24, 2.45) is 0 Å². The SMILES string of the molecule is Fc1ccc(C2CCC(=S)C3(Cc4ccccc4N3)C2)cc1Cl. The van der Waals surface area contributed by atoms with Gasteiger partial charge in [0.05, 0.1) is 10.6 Å². The van der Waals surface area contributed by atoms with Crippen molar-refractivity contribution < 1.29 is 4.39 Å². The standard InChI is InChI=1S/C19H17ClFNS/c20-15-9-12(5-7-16(15)21)13-6-8-18(23)19(10-13)11-14-3-1-2-4-17(14)22-19/h1-5,7,9,13,22H,6,8,10-11H2. The molecule has 1 saturated carbocycles. The molecule has 2 aliphatic rings. The zero-order valence-corrected chi connectivity index (χ0v) is 14.2. The molecule has 4 rings (SSSR count). The Morgan fingerprint density at radius 3 is 2.83 bits per heavy atom. The summed E-state index contributed by atoms with van der Waals surface area (Å²) in [6.45, 7) is 0. The molecule has 1 aliphatic heterocycles. The summed E-state index contributed by atoms with van der Waals surface area (Å²) in [5, 5.41) is 3.88. The van der Waals surface area contributed by atoms with Gasteiger partial charge in [-0.1, -0.05) is 48.1 Å². The van der Waals surface area contributed by atoms with Crippen LogP contribution in [0.4, 0.5) is 10.1 Å². The number of benzene rings is 2. The normalized spacial score (nSPS) is 26.2. The maximum Gasteiger partial charge on any atom is 0.141 e. The van der Waals surface area contributed by atoms with E-state index in [0.29, 0.717) is 5.92 Å². The first-order valence-electron chi connectivity index (χ1n) is 7.92. The molecule has 1 aliphatic carbocycles. The van der Waals surface area contributed by atoms with Gasteiger partial charge in [0.25, 0.3) is 0 Å². The molecule has 2 aromatic rings. The fourth-order valence-electron chi connectivity index (χ4n) is 3.95. The third-order valence-corrected chi connectivity index (χ3v) is 6.03. The van der Waals surface area contributed by atoms with E-state index in [1.54, 1.807) is 6.07 Å². The first kappa shape index (κ1) is 15.1. The molecule has 1 fully saturated rings. The van der Waals surface area contributed by atoms with Crippen LogP contribution in [0.25, 0.3) is 0 Å². The minimum Gasteiger partial charge on any atom is -0.374 e. The molecular formula is C19H17ClFNS. The highest BCUT2D eigenvalue weighted by molar-refractivity contribution is 7.80. The van der Waals surface area contributed by atoms with E-state index in [2.05, 4.69) is 23.5 Å². The van der Waals surface area contributed by atoms with Crippen LogP contribution in [0.5, 0.6) is 0 Å². The van der Waals surface area contributed by atoms with Crippen LogP contribution in [-0.4, -0.2) is 10.4 Å². The number of fused-ring (bicyclic) bond motifs is 1. The minimum atomic E-state index is -0.358. The highest BCUT2D eigenvalue weighted by Gasteiger charge is 2.44. The van der Waals surface area contributed by atoms with Crippen LogP contribution in [0.1, 0.15) is 36.3 Å². The minimum absolute atomic E-state index is 0.150. The van der Waals surface area contributed by atoms with Gasteiger partial charge in [-0.05, 0) is 54.5 Å². The predicted octanol–water partition coefficient (Wildman–Crippen LogP) is 5.52. The summed E-state index contributed by atoms with van der Waals surface area (Å²) in [6.07, 6.45) is 3.78. The fraction of sp³-hybridized carbons (Fsp3) is 0.316. The van der Waals surface area contributed by atoms with E-state index < -0.39 is 0 Å². The molecule has 4 heteroatoms. The van der Waals surface area contributed by atoms with Crippen molar-refractivity contribution >= 4 is 34.4 Å². The number of hydrogen-bond donors (Lipinski definition) is 1. The number of halogens is 2. The van der Waals surface area contributed by atoms with Crippen molar-refractivity contribution in [1.29, 1.82) is 0 Å². The summed E-state index contributed by atoms with van der Waals surface area (Å²) in [6, 6.07) is 13.5. The predicted molar refractivity (Wildman–Crippen MR) is 97.1 cm³/mol. The van der Waals surface area contributed by atoms with E-state index in [0.717, 1.165) is 36.1 Å². The van der Waals surface area contributed by atoms with Crippen LogP contribution in [0.3, 0.4) is 0 Å². The topological polar surface area (TPSA) is 12.0 Å². The average Bonchev–Trinajstić information content (AvgIpc) is 2.92. The van der Waals surface area contributed by atoms with Crippen molar-refractivity contribution in [3.8, 4) is 0 Å². The van der Waals surface area contributed by atoms with Gasteiger partial charge in [0.1, 0.15) is 5.82 Å². The second-order valence-corrected chi connectivity index (χ2v) is 7.48. The lowest BCUT2D eigenvalue weighted by Gasteiger charge is -2.39. The summed E-state index contributed by atoms with van der Waals surface area (Å²) in [5.41, 5.74) is 3.47. The van der Waals surface area contributed by atoms with E-state index in [1.165, 1.54) is 17.3 Å². The Morgan fingerprint density at radius 1 is 1.22 bits per heavy atom. The molecule has 1 N–H and O–H groups in total. The Balaban J connectivity index is 1.64. The summed E-state index contributed by atoms with van der Waals surface area (Å²) in [7, 11) is 0. The van der Waals surface area contributed by atoms with Crippen molar-refractivity contribution in [2.75, 3.05) is 5.32 Å². The smallest absolute Gasteiger partial charge is 0.141 e. The maximum atomic E-state index is 13.4.